The second-order valence-corrected chi connectivity index (χ2v) is 4.41. The van der Waals surface area contributed by atoms with Crippen LogP contribution in [0.3, 0.4) is 0 Å². The quantitative estimate of drug-likeness (QED) is 0.654. The van der Waals surface area contributed by atoms with Gasteiger partial charge in [-0.15, -0.1) is 11.8 Å². The highest BCUT2D eigenvalue weighted by Crippen LogP contribution is 2.25. The van der Waals surface area contributed by atoms with E-state index in [1.54, 1.807) is 13.0 Å². The van der Waals surface area contributed by atoms with E-state index in [2.05, 4.69) is 34.4 Å². The van der Waals surface area contributed by atoms with Gasteiger partial charge in [-0.1, -0.05) is 11.6 Å². The summed E-state index contributed by atoms with van der Waals surface area (Å²) in [7, 11) is 0. The molecule has 0 heterocycles. The van der Waals surface area contributed by atoms with Crippen molar-refractivity contribution in [2.75, 3.05) is 0 Å². The van der Waals surface area contributed by atoms with Gasteiger partial charge < -0.3 is 5.11 Å². The van der Waals surface area contributed by atoms with E-state index >= 15 is 0 Å². The fraction of sp³-hybridized carbons (Fsp3) is 0.273. The molecule has 1 rings (SSSR count). The smallest absolute Gasteiger partial charge is 0.0909 e. The Kier molecular flexibility index (Phi) is 4.73. The van der Waals surface area contributed by atoms with Gasteiger partial charge in [-0.2, -0.15) is 0 Å². The normalized spacial score (nSPS) is 11.7. The lowest BCUT2D eigenvalue weighted by molar-refractivity contribution is 0.183. The Labute approximate surface area is 103 Å². The first-order valence-corrected chi connectivity index (χ1v) is 5.63. The Balaban J connectivity index is 2.91. The van der Waals surface area contributed by atoms with E-state index in [1.165, 1.54) is 0 Å². The number of hydrogen-bond acceptors (Lipinski definition) is 1. The first-order valence-electron chi connectivity index (χ1n) is 4.17. The third kappa shape index (κ3) is 3.16. The van der Waals surface area contributed by atoms with Crippen LogP contribution in [-0.2, 0) is 0 Å². The van der Waals surface area contributed by atoms with Crippen molar-refractivity contribution in [3.8, 4) is 11.8 Å². The molecular formula is C11H10ClIO. The van der Waals surface area contributed by atoms with Gasteiger partial charge in [-0.3, -0.25) is 0 Å². The Morgan fingerprint density at radius 1 is 1.57 bits per heavy atom. The predicted octanol–water partition coefficient (Wildman–Crippen LogP) is 3.39. The van der Waals surface area contributed by atoms with Gasteiger partial charge in [-0.05, 0) is 53.3 Å². The average Bonchev–Trinajstić information content (AvgIpc) is 2.18. The van der Waals surface area contributed by atoms with Crippen LogP contribution in [0, 0.1) is 15.4 Å². The van der Waals surface area contributed by atoms with Gasteiger partial charge in [0.1, 0.15) is 0 Å². The number of aliphatic hydroxyl groups excluding tert-OH is 1. The van der Waals surface area contributed by atoms with Crippen LogP contribution < -0.4 is 0 Å². The van der Waals surface area contributed by atoms with Gasteiger partial charge in [0.25, 0.3) is 0 Å². The molecule has 1 atom stereocenters. The monoisotopic (exact) mass is 320 g/mol. The molecule has 1 aromatic rings. The lowest BCUT2D eigenvalue weighted by Crippen LogP contribution is -1.98. The second-order valence-electron chi connectivity index (χ2n) is 2.81. The molecule has 1 nitrogen and oxygen atoms in total. The fourth-order valence-corrected chi connectivity index (χ4v) is 1.95. The first-order chi connectivity index (χ1) is 6.65. The minimum Gasteiger partial charge on any atom is -0.387 e. The molecule has 0 spiro atoms. The van der Waals surface area contributed by atoms with E-state index in [-0.39, 0.29) is 0 Å². The van der Waals surface area contributed by atoms with E-state index in [1.807, 2.05) is 12.1 Å². The summed E-state index contributed by atoms with van der Waals surface area (Å²) in [5.74, 6) is 5.60. The molecule has 0 aliphatic rings. The van der Waals surface area contributed by atoms with E-state index in [4.69, 9.17) is 11.6 Å². The third-order valence-electron chi connectivity index (χ3n) is 1.79. The van der Waals surface area contributed by atoms with Crippen LogP contribution in [0.5, 0.6) is 0 Å². The molecule has 74 valence electrons. The summed E-state index contributed by atoms with van der Waals surface area (Å²) in [6.45, 7) is 1.76. The van der Waals surface area contributed by atoms with Crippen molar-refractivity contribution in [2.45, 2.75) is 19.4 Å². The number of hydrogen-bond donors (Lipinski definition) is 1. The van der Waals surface area contributed by atoms with E-state index in [0.717, 1.165) is 9.13 Å². The Hall–Kier alpha value is -0.240. The Morgan fingerprint density at radius 2 is 2.29 bits per heavy atom. The molecule has 0 aliphatic carbocycles. The summed E-state index contributed by atoms with van der Waals surface area (Å²) >= 11 is 8.02. The fourth-order valence-electron chi connectivity index (χ4n) is 1.08. The maximum Gasteiger partial charge on any atom is 0.0909 e. The highest BCUT2D eigenvalue weighted by molar-refractivity contribution is 14.1. The van der Waals surface area contributed by atoms with Crippen molar-refractivity contribution in [2.24, 2.45) is 0 Å². The van der Waals surface area contributed by atoms with Crippen LogP contribution >= 0.6 is 34.2 Å². The number of rotatable bonds is 2. The minimum atomic E-state index is -0.548. The van der Waals surface area contributed by atoms with Gasteiger partial charge in [0.15, 0.2) is 0 Å². The van der Waals surface area contributed by atoms with Crippen molar-refractivity contribution < 1.29 is 5.11 Å². The van der Waals surface area contributed by atoms with Gasteiger partial charge >= 0.3 is 0 Å². The summed E-state index contributed by atoms with van der Waals surface area (Å²) in [4.78, 5) is 0. The van der Waals surface area contributed by atoms with Crippen LogP contribution in [-0.4, -0.2) is 5.11 Å². The van der Waals surface area contributed by atoms with Crippen LogP contribution in [0.15, 0.2) is 18.2 Å². The zero-order valence-electron chi connectivity index (χ0n) is 7.72. The maximum absolute atomic E-state index is 9.79. The molecule has 0 bridgehead atoms. The third-order valence-corrected chi connectivity index (χ3v) is 3.01. The van der Waals surface area contributed by atoms with E-state index in [0.29, 0.717) is 11.4 Å². The van der Waals surface area contributed by atoms with Crippen molar-refractivity contribution >= 4 is 34.2 Å². The molecule has 0 saturated heterocycles. The van der Waals surface area contributed by atoms with Crippen LogP contribution in [0.2, 0.25) is 5.02 Å². The van der Waals surface area contributed by atoms with Crippen molar-refractivity contribution in [3.05, 3.63) is 32.4 Å². The van der Waals surface area contributed by atoms with Crippen molar-refractivity contribution in [1.82, 2.24) is 0 Å². The average molecular weight is 321 g/mol. The van der Waals surface area contributed by atoms with E-state index in [9.17, 15) is 5.11 Å². The highest BCUT2D eigenvalue weighted by atomic mass is 127. The second kappa shape index (κ2) is 5.59. The molecule has 3 heteroatoms. The largest absolute Gasteiger partial charge is 0.387 e. The molecule has 1 unspecified atom stereocenters. The Morgan fingerprint density at radius 3 is 2.93 bits per heavy atom. The molecule has 0 fully saturated rings. The molecule has 0 radical (unpaired) electrons. The van der Waals surface area contributed by atoms with Gasteiger partial charge in [0.05, 0.1) is 6.10 Å². The molecule has 0 amide bonds. The van der Waals surface area contributed by atoms with Gasteiger partial charge in [-0.25, -0.2) is 0 Å². The van der Waals surface area contributed by atoms with Crippen LogP contribution in [0.1, 0.15) is 25.0 Å². The number of halogens is 2. The summed E-state index contributed by atoms with van der Waals surface area (Å²) in [5.41, 5.74) is 0.848. The van der Waals surface area contributed by atoms with Crippen molar-refractivity contribution in [1.29, 1.82) is 0 Å². The summed E-state index contributed by atoms with van der Waals surface area (Å²) in [6.07, 6.45) is -0.0969. The molecule has 1 aromatic carbocycles. The molecule has 0 aromatic heterocycles. The molecule has 0 aliphatic heterocycles. The van der Waals surface area contributed by atoms with Crippen LogP contribution in [0.4, 0.5) is 0 Å². The predicted molar refractivity (Wildman–Crippen MR) is 67.2 cm³/mol. The highest BCUT2D eigenvalue weighted by Gasteiger charge is 2.10. The SMILES string of the molecule is CC#CCC(O)c1cc(Cl)ccc1I. The summed E-state index contributed by atoms with van der Waals surface area (Å²) in [5, 5.41) is 10.4. The maximum atomic E-state index is 9.79. The Bertz CT molecular complexity index is 379. The van der Waals surface area contributed by atoms with Crippen molar-refractivity contribution in [3.63, 3.8) is 0 Å². The topological polar surface area (TPSA) is 20.2 Å². The zero-order valence-corrected chi connectivity index (χ0v) is 10.6. The number of aliphatic hydroxyl groups is 1. The molecule has 14 heavy (non-hydrogen) atoms. The van der Waals surface area contributed by atoms with Gasteiger partial charge in [0.2, 0.25) is 0 Å². The summed E-state index contributed by atoms with van der Waals surface area (Å²) in [6, 6.07) is 5.48. The lowest BCUT2D eigenvalue weighted by Gasteiger charge is -2.10. The molecule has 0 saturated carbocycles. The summed E-state index contributed by atoms with van der Waals surface area (Å²) < 4.78 is 1.01. The zero-order chi connectivity index (χ0) is 10.6. The molecule has 1 N–H and O–H groups in total. The minimum absolute atomic E-state index is 0.451. The van der Waals surface area contributed by atoms with Crippen LogP contribution in [0.25, 0.3) is 0 Å². The number of benzene rings is 1. The molecular weight excluding hydrogens is 310 g/mol. The van der Waals surface area contributed by atoms with Gasteiger partial charge in [0, 0.05) is 15.0 Å². The first kappa shape index (κ1) is 11.8. The standard InChI is InChI=1S/C11H10ClIO/c1-2-3-4-11(14)9-7-8(12)5-6-10(9)13/h5-7,11,14H,4H2,1H3. The van der Waals surface area contributed by atoms with E-state index < -0.39 is 6.10 Å². The lowest BCUT2D eigenvalue weighted by atomic mass is 10.1.